The fraction of sp³-hybridized carbons (Fsp3) is 0.375. The molecule has 2 aliphatic rings. The van der Waals surface area contributed by atoms with E-state index in [2.05, 4.69) is 55.1 Å². The maximum Gasteiger partial charge on any atom is 0.227 e. The average Bonchev–Trinajstić information content (AvgIpc) is 3.01. The quantitative estimate of drug-likeness (QED) is 0.773. The van der Waals surface area contributed by atoms with E-state index in [9.17, 15) is 4.79 Å². The molecule has 2 heteroatoms. The number of rotatable bonds is 4. The lowest BCUT2D eigenvalue weighted by Gasteiger charge is -2.38. The van der Waals surface area contributed by atoms with Crippen molar-refractivity contribution in [3.05, 3.63) is 76.9 Å². The van der Waals surface area contributed by atoms with Crippen molar-refractivity contribution in [3.63, 3.8) is 0 Å². The second-order valence-electron chi connectivity index (χ2n) is 7.98. The van der Waals surface area contributed by atoms with E-state index in [1.165, 1.54) is 22.3 Å². The van der Waals surface area contributed by atoms with Crippen LogP contribution < -0.4 is 0 Å². The van der Waals surface area contributed by atoms with Crippen LogP contribution in [-0.4, -0.2) is 23.4 Å². The highest BCUT2D eigenvalue weighted by molar-refractivity contribution is 5.84. The van der Waals surface area contributed by atoms with E-state index in [1.807, 2.05) is 18.2 Å². The molecular formula is C24H27NO. The van der Waals surface area contributed by atoms with Crippen molar-refractivity contribution in [2.45, 2.75) is 45.6 Å². The molecule has 4 rings (SSSR count). The summed E-state index contributed by atoms with van der Waals surface area (Å²) in [5, 5.41) is 0. The number of amides is 1. The lowest BCUT2D eigenvalue weighted by molar-refractivity contribution is -0.132. The second kappa shape index (κ2) is 7.11. The van der Waals surface area contributed by atoms with E-state index < -0.39 is 0 Å². The molecule has 2 nitrogen and oxygen atoms in total. The topological polar surface area (TPSA) is 20.3 Å². The highest BCUT2D eigenvalue weighted by atomic mass is 16.2. The van der Waals surface area contributed by atoms with Crippen LogP contribution in [0.5, 0.6) is 0 Å². The Kier molecular flexibility index (Phi) is 4.67. The van der Waals surface area contributed by atoms with Gasteiger partial charge in [-0.2, -0.15) is 0 Å². The Morgan fingerprint density at radius 3 is 2.58 bits per heavy atom. The van der Waals surface area contributed by atoms with Crippen LogP contribution in [0.2, 0.25) is 0 Å². The van der Waals surface area contributed by atoms with Gasteiger partial charge in [-0.25, -0.2) is 0 Å². The third kappa shape index (κ3) is 3.21. The number of carbonyl (C=O) groups excluding carboxylic acids is 1. The van der Waals surface area contributed by atoms with Gasteiger partial charge in [-0.3, -0.25) is 4.79 Å². The molecule has 1 atom stereocenters. The molecular weight excluding hydrogens is 318 g/mol. The summed E-state index contributed by atoms with van der Waals surface area (Å²) in [6.45, 7) is 5.36. The Hall–Kier alpha value is -2.35. The van der Waals surface area contributed by atoms with Gasteiger partial charge in [0.25, 0.3) is 0 Å². The second-order valence-corrected chi connectivity index (χ2v) is 7.98. The first-order chi connectivity index (χ1) is 12.6. The number of carbonyl (C=O) groups is 1. The van der Waals surface area contributed by atoms with E-state index in [4.69, 9.17) is 0 Å². The molecule has 0 fully saturated rings. The van der Waals surface area contributed by atoms with E-state index in [0.29, 0.717) is 12.3 Å². The fourth-order valence-corrected chi connectivity index (χ4v) is 4.53. The predicted octanol–water partition coefficient (Wildman–Crippen LogP) is 4.89. The molecule has 0 bridgehead atoms. The molecule has 26 heavy (non-hydrogen) atoms. The minimum atomic E-state index is 0.252. The van der Waals surface area contributed by atoms with Crippen molar-refractivity contribution in [2.75, 3.05) is 6.54 Å². The van der Waals surface area contributed by atoms with Crippen LogP contribution in [-0.2, 0) is 17.6 Å². The summed E-state index contributed by atoms with van der Waals surface area (Å²) in [6.07, 6.45) is 3.55. The van der Waals surface area contributed by atoms with Crippen LogP contribution >= 0.6 is 0 Å². The summed E-state index contributed by atoms with van der Waals surface area (Å²) in [5.41, 5.74) is 6.97. The molecule has 0 saturated carbocycles. The maximum atomic E-state index is 13.1. The summed E-state index contributed by atoms with van der Waals surface area (Å²) in [4.78, 5) is 15.3. The van der Waals surface area contributed by atoms with Crippen LogP contribution in [0.1, 0.15) is 43.4 Å². The Morgan fingerprint density at radius 1 is 1.08 bits per heavy atom. The Labute approximate surface area is 156 Å². The smallest absolute Gasteiger partial charge is 0.227 e. The highest BCUT2D eigenvalue weighted by Gasteiger charge is 2.36. The van der Waals surface area contributed by atoms with Crippen molar-refractivity contribution in [3.8, 4) is 0 Å². The lowest BCUT2D eigenvalue weighted by atomic mass is 9.87. The summed E-state index contributed by atoms with van der Waals surface area (Å²) < 4.78 is 0. The molecule has 0 spiro atoms. The van der Waals surface area contributed by atoms with Gasteiger partial charge >= 0.3 is 0 Å². The first kappa shape index (κ1) is 17.1. The SMILES string of the molecule is CC(C)CC1C2=C(CCN1C(=O)Cc1ccccc1)c1ccccc1C2. The van der Waals surface area contributed by atoms with Gasteiger partial charge < -0.3 is 4.90 Å². The molecule has 0 saturated heterocycles. The van der Waals surface area contributed by atoms with Crippen molar-refractivity contribution in [2.24, 2.45) is 5.92 Å². The Balaban J connectivity index is 1.62. The lowest BCUT2D eigenvalue weighted by Crippen LogP contribution is -2.46. The Bertz CT molecular complexity index is 834. The minimum absolute atomic E-state index is 0.252. The molecule has 1 heterocycles. The summed E-state index contributed by atoms with van der Waals surface area (Å²) in [7, 11) is 0. The monoisotopic (exact) mass is 345 g/mol. The van der Waals surface area contributed by atoms with Gasteiger partial charge in [0.05, 0.1) is 12.5 Å². The van der Waals surface area contributed by atoms with E-state index in [1.54, 1.807) is 0 Å². The number of nitrogens with zero attached hydrogens (tertiary/aromatic N) is 1. The molecule has 0 N–H and O–H groups in total. The van der Waals surface area contributed by atoms with E-state index in [-0.39, 0.29) is 11.9 Å². The first-order valence-corrected chi connectivity index (χ1v) is 9.77. The van der Waals surface area contributed by atoms with Gasteiger partial charge in [-0.05, 0) is 53.0 Å². The van der Waals surface area contributed by atoms with Crippen LogP contribution in [0, 0.1) is 5.92 Å². The van der Waals surface area contributed by atoms with Gasteiger partial charge in [-0.1, -0.05) is 68.4 Å². The van der Waals surface area contributed by atoms with E-state index in [0.717, 1.165) is 31.4 Å². The zero-order valence-corrected chi connectivity index (χ0v) is 15.7. The normalized spacial score (nSPS) is 18.9. The summed E-state index contributed by atoms with van der Waals surface area (Å²) in [5.74, 6) is 0.840. The van der Waals surface area contributed by atoms with Gasteiger partial charge in [-0.15, -0.1) is 0 Å². The minimum Gasteiger partial charge on any atom is -0.335 e. The van der Waals surface area contributed by atoms with Crippen molar-refractivity contribution in [1.82, 2.24) is 4.90 Å². The summed E-state index contributed by atoms with van der Waals surface area (Å²) in [6, 6.07) is 19.2. The molecule has 0 radical (unpaired) electrons. The largest absolute Gasteiger partial charge is 0.335 e. The van der Waals surface area contributed by atoms with Gasteiger partial charge in [0.2, 0.25) is 5.91 Å². The molecule has 2 aromatic rings. The van der Waals surface area contributed by atoms with Crippen molar-refractivity contribution in [1.29, 1.82) is 0 Å². The van der Waals surface area contributed by atoms with Gasteiger partial charge in [0.15, 0.2) is 0 Å². The predicted molar refractivity (Wildman–Crippen MR) is 107 cm³/mol. The van der Waals surface area contributed by atoms with Crippen molar-refractivity contribution >= 4 is 11.5 Å². The molecule has 2 aromatic carbocycles. The number of fused-ring (bicyclic) bond motifs is 2. The van der Waals surface area contributed by atoms with Crippen LogP contribution in [0.25, 0.3) is 5.57 Å². The average molecular weight is 345 g/mol. The molecule has 1 aliphatic carbocycles. The highest BCUT2D eigenvalue weighted by Crippen LogP contribution is 2.42. The third-order valence-electron chi connectivity index (χ3n) is 5.71. The van der Waals surface area contributed by atoms with Crippen LogP contribution in [0.4, 0.5) is 0 Å². The molecule has 134 valence electrons. The molecule has 0 aromatic heterocycles. The molecule has 1 amide bonds. The van der Waals surface area contributed by atoms with Crippen LogP contribution in [0.15, 0.2) is 60.2 Å². The number of hydrogen-bond acceptors (Lipinski definition) is 1. The number of benzene rings is 2. The first-order valence-electron chi connectivity index (χ1n) is 9.77. The van der Waals surface area contributed by atoms with Gasteiger partial charge in [0.1, 0.15) is 0 Å². The van der Waals surface area contributed by atoms with E-state index >= 15 is 0 Å². The maximum absolute atomic E-state index is 13.1. The van der Waals surface area contributed by atoms with Crippen molar-refractivity contribution < 1.29 is 4.79 Å². The zero-order valence-electron chi connectivity index (χ0n) is 15.7. The van der Waals surface area contributed by atoms with Crippen LogP contribution in [0.3, 0.4) is 0 Å². The molecule has 1 unspecified atom stereocenters. The fourth-order valence-electron chi connectivity index (χ4n) is 4.53. The standard InChI is InChI=1S/C24H27NO/c1-17(2)14-23-22-16-19-10-6-7-11-20(19)21(22)12-13-25(23)24(26)15-18-8-4-3-5-9-18/h3-11,17,23H,12-16H2,1-2H3. The van der Waals surface area contributed by atoms with Gasteiger partial charge in [0, 0.05) is 6.54 Å². The zero-order chi connectivity index (χ0) is 18.1. The summed E-state index contributed by atoms with van der Waals surface area (Å²) >= 11 is 0. The molecule has 1 aliphatic heterocycles. The Morgan fingerprint density at radius 2 is 1.81 bits per heavy atom. The number of hydrogen-bond donors (Lipinski definition) is 0. The third-order valence-corrected chi connectivity index (χ3v) is 5.71.